The minimum atomic E-state index is -0.356. The van der Waals surface area contributed by atoms with Crippen LogP contribution in [0.4, 0.5) is 5.00 Å². The van der Waals surface area contributed by atoms with E-state index < -0.39 is 0 Å². The van der Waals surface area contributed by atoms with Gasteiger partial charge in [-0.25, -0.2) is 9.78 Å². The van der Waals surface area contributed by atoms with E-state index in [0.717, 1.165) is 24.8 Å². The van der Waals surface area contributed by atoms with Crippen molar-refractivity contribution in [1.29, 1.82) is 0 Å². The number of aromatic nitrogens is 1. The van der Waals surface area contributed by atoms with E-state index in [1.54, 1.807) is 17.8 Å². The Balaban J connectivity index is 1.91. The van der Waals surface area contributed by atoms with Crippen LogP contribution in [0.25, 0.3) is 0 Å². The summed E-state index contributed by atoms with van der Waals surface area (Å²) in [6.07, 6.45) is 2.87. The van der Waals surface area contributed by atoms with Crippen molar-refractivity contribution in [3.63, 3.8) is 0 Å². The summed E-state index contributed by atoms with van der Waals surface area (Å²) in [7, 11) is 0. The number of carbonyl (C=O) groups is 2. The van der Waals surface area contributed by atoms with E-state index in [9.17, 15) is 9.59 Å². The smallest absolute Gasteiger partial charge is 0.341 e. The molecule has 0 atom stereocenters. The third-order valence-electron chi connectivity index (χ3n) is 3.29. The molecule has 2 heterocycles. The highest BCUT2D eigenvalue weighted by atomic mass is 32.1. The first-order valence-electron chi connectivity index (χ1n) is 6.72. The molecule has 0 saturated heterocycles. The number of nitrogens with one attached hydrogen (secondary N) is 1. The normalized spacial score (nSPS) is 13.0. The predicted molar refractivity (Wildman–Crippen MR) is 82.4 cm³/mol. The lowest BCUT2D eigenvalue weighted by Gasteiger charge is -2.06. The van der Waals surface area contributed by atoms with Crippen LogP contribution < -0.4 is 5.32 Å². The number of hydrogen-bond donors (Lipinski definition) is 1. The Hall–Kier alpha value is -1.73. The van der Waals surface area contributed by atoms with Gasteiger partial charge in [-0.1, -0.05) is 0 Å². The van der Waals surface area contributed by atoms with Crippen LogP contribution in [0, 0.1) is 0 Å². The van der Waals surface area contributed by atoms with Gasteiger partial charge < -0.3 is 10.1 Å². The van der Waals surface area contributed by atoms with Gasteiger partial charge in [-0.05, 0) is 31.7 Å². The molecule has 1 N–H and O–H groups in total. The zero-order valence-electron chi connectivity index (χ0n) is 11.5. The van der Waals surface area contributed by atoms with Gasteiger partial charge in [0, 0.05) is 10.3 Å². The zero-order chi connectivity index (χ0) is 14.8. The number of hydrogen-bond acceptors (Lipinski definition) is 6. The summed E-state index contributed by atoms with van der Waals surface area (Å²) in [5.74, 6) is -0.646. The summed E-state index contributed by atoms with van der Waals surface area (Å²) in [5, 5.41) is 5.07. The minimum Gasteiger partial charge on any atom is -0.462 e. The molecule has 2 aromatic heterocycles. The average Bonchev–Trinajstić information content (AvgIpc) is 3.14. The topological polar surface area (TPSA) is 68.3 Å². The van der Waals surface area contributed by atoms with Gasteiger partial charge in [-0.3, -0.25) is 4.79 Å². The number of amides is 1. The number of aryl methyl sites for hydroxylation is 1. The molecule has 1 aliphatic rings. The lowest BCUT2D eigenvalue weighted by atomic mass is 10.1. The third kappa shape index (κ3) is 2.71. The van der Waals surface area contributed by atoms with E-state index >= 15 is 0 Å². The number of thiophene rings is 1. The molecule has 0 saturated carbocycles. The number of rotatable bonds is 4. The van der Waals surface area contributed by atoms with E-state index in [-0.39, 0.29) is 11.9 Å². The number of fused-ring (bicyclic) bond motifs is 1. The first-order valence-corrected chi connectivity index (χ1v) is 8.47. The molecule has 0 bridgehead atoms. The second-order valence-electron chi connectivity index (χ2n) is 4.61. The van der Waals surface area contributed by atoms with Crippen molar-refractivity contribution in [3.8, 4) is 0 Å². The summed E-state index contributed by atoms with van der Waals surface area (Å²) in [5.41, 5.74) is 3.53. The molecule has 21 heavy (non-hydrogen) atoms. The van der Waals surface area contributed by atoms with Crippen molar-refractivity contribution in [2.24, 2.45) is 0 Å². The van der Waals surface area contributed by atoms with Crippen LogP contribution in [0.2, 0.25) is 0 Å². The van der Waals surface area contributed by atoms with E-state index in [2.05, 4.69) is 10.3 Å². The summed E-state index contributed by atoms with van der Waals surface area (Å²) in [6.45, 7) is 2.10. The Labute approximate surface area is 130 Å². The molecule has 3 rings (SSSR count). The molecular weight excluding hydrogens is 308 g/mol. The maximum Gasteiger partial charge on any atom is 0.341 e. The Morgan fingerprint density at radius 3 is 3.00 bits per heavy atom. The molecular formula is C14H14N2O3S2. The van der Waals surface area contributed by atoms with Gasteiger partial charge in [-0.15, -0.1) is 22.7 Å². The van der Waals surface area contributed by atoms with E-state index in [4.69, 9.17) is 4.74 Å². The predicted octanol–water partition coefficient (Wildman–Crippen LogP) is 3.12. The van der Waals surface area contributed by atoms with Crippen LogP contribution in [0.1, 0.15) is 44.6 Å². The summed E-state index contributed by atoms with van der Waals surface area (Å²) >= 11 is 2.83. The quantitative estimate of drug-likeness (QED) is 0.878. The van der Waals surface area contributed by atoms with Gasteiger partial charge in [0.15, 0.2) is 0 Å². The molecule has 0 aromatic carbocycles. The van der Waals surface area contributed by atoms with Crippen molar-refractivity contribution >= 4 is 39.6 Å². The Morgan fingerprint density at radius 2 is 2.29 bits per heavy atom. The van der Waals surface area contributed by atoms with Crippen molar-refractivity contribution in [1.82, 2.24) is 4.98 Å². The molecule has 0 spiro atoms. The second kappa shape index (κ2) is 5.95. The highest BCUT2D eigenvalue weighted by Crippen LogP contribution is 2.39. The van der Waals surface area contributed by atoms with Gasteiger partial charge in [0.05, 0.1) is 17.7 Å². The van der Waals surface area contributed by atoms with E-state index in [1.807, 2.05) is 0 Å². The fourth-order valence-electron chi connectivity index (χ4n) is 2.40. The average molecular weight is 322 g/mol. The van der Waals surface area contributed by atoms with Gasteiger partial charge in [0.2, 0.25) is 0 Å². The van der Waals surface area contributed by atoms with Crippen molar-refractivity contribution < 1.29 is 14.3 Å². The molecule has 1 amide bonds. The molecule has 110 valence electrons. The summed E-state index contributed by atoms with van der Waals surface area (Å²) in [4.78, 5) is 29.5. The largest absolute Gasteiger partial charge is 0.462 e. The molecule has 0 aliphatic heterocycles. The zero-order valence-corrected chi connectivity index (χ0v) is 13.1. The number of carbonyl (C=O) groups excluding carboxylic acids is 2. The van der Waals surface area contributed by atoms with Gasteiger partial charge >= 0.3 is 5.97 Å². The lowest BCUT2D eigenvalue weighted by molar-refractivity contribution is 0.0527. The minimum absolute atomic E-state index is 0.290. The third-order valence-corrected chi connectivity index (χ3v) is 5.09. The van der Waals surface area contributed by atoms with Crippen LogP contribution >= 0.6 is 22.7 Å². The Morgan fingerprint density at radius 1 is 1.43 bits per heavy atom. The summed E-state index contributed by atoms with van der Waals surface area (Å²) in [6, 6.07) is 0. The van der Waals surface area contributed by atoms with Crippen molar-refractivity contribution in [2.45, 2.75) is 26.2 Å². The maximum absolute atomic E-state index is 12.2. The molecule has 1 aliphatic carbocycles. The number of esters is 1. The standard InChI is InChI=1S/C14H14N2O3S2/c1-2-19-14(18)11-8-4-3-5-10(8)21-13(11)16-12(17)9-6-20-7-15-9/h6-7H,2-5H2,1H3,(H,16,17). The highest BCUT2D eigenvalue weighted by Gasteiger charge is 2.28. The van der Waals surface area contributed by atoms with Crippen molar-refractivity contribution in [3.05, 3.63) is 32.6 Å². The van der Waals surface area contributed by atoms with Gasteiger partial charge in [0.25, 0.3) is 5.91 Å². The van der Waals surface area contributed by atoms with E-state index in [1.165, 1.54) is 27.6 Å². The first-order chi connectivity index (χ1) is 10.2. The van der Waals surface area contributed by atoms with Crippen LogP contribution in [0.5, 0.6) is 0 Å². The molecule has 5 nitrogen and oxygen atoms in total. The molecule has 0 radical (unpaired) electrons. The first kappa shape index (κ1) is 14.2. The summed E-state index contributed by atoms with van der Waals surface area (Å²) < 4.78 is 5.13. The number of ether oxygens (including phenoxy) is 1. The van der Waals surface area contributed by atoms with Gasteiger partial charge in [-0.2, -0.15) is 0 Å². The Bertz CT molecular complexity index is 677. The second-order valence-corrected chi connectivity index (χ2v) is 6.43. The van der Waals surface area contributed by atoms with Gasteiger partial charge in [0.1, 0.15) is 10.7 Å². The SMILES string of the molecule is CCOC(=O)c1c(NC(=O)c2cscn2)sc2c1CCC2. The van der Waals surface area contributed by atoms with Crippen molar-refractivity contribution in [2.75, 3.05) is 11.9 Å². The molecule has 0 fully saturated rings. The van der Waals surface area contributed by atoms with E-state index in [0.29, 0.717) is 22.9 Å². The number of thiazole rings is 1. The highest BCUT2D eigenvalue weighted by molar-refractivity contribution is 7.17. The number of nitrogens with zero attached hydrogens (tertiary/aromatic N) is 1. The molecule has 7 heteroatoms. The van der Waals surface area contributed by atoms with Crippen LogP contribution in [0.3, 0.4) is 0 Å². The van der Waals surface area contributed by atoms with Crippen LogP contribution in [0.15, 0.2) is 10.9 Å². The van der Waals surface area contributed by atoms with Crippen LogP contribution in [-0.4, -0.2) is 23.5 Å². The number of anilines is 1. The fourth-order valence-corrected chi connectivity index (χ4v) is 4.21. The molecule has 2 aromatic rings. The fraction of sp³-hybridized carbons (Fsp3) is 0.357. The maximum atomic E-state index is 12.2. The van der Waals surface area contributed by atoms with Crippen LogP contribution in [-0.2, 0) is 17.6 Å². The lowest BCUT2D eigenvalue weighted by Crippen LogP contribution is -2.15. The monoisotopic (exact) mass is 322 g/mol. The molecule has 0 unspecified atom stereocenters. The Kier molecular flexibility index (Phi) is 4.03.